The summed E-state index contributed by atoms with van der Waals surface area (Å²) in [5.74, 6) is 0.833. The summed E-state index contributed by atoms with van der Waals surface area (Å²) >= 11 is 0. The van der Waals surface area contributed by atoms with Crippen LogP contribution in [0.15, 0.2) is 0 Å². The van der Waals surface area contributed by atoms with Gasteiger partial charge in [0, 0.05) is 25.7 Å². The van der Waals surface area contributed by atoms with Gasteiger partial charge in [-0.05, 0) is 12.8 Å². The Kier molecular flexibility index (Phi) is 6.28. The lowest BCUT2D eigenvalue weighted by Gasteiger charge is -2.31. The van der Waals surface area contributed by atoms with Crippen LogP contribution in [0.1, 0.15) is 27.7 Å². The molecule has 0 aromatic carbocycles. The van der Waals surface area contributed by atoms with Crippen molar-refractivity contribution in [3.63, 3.8) is 0 Å². The smallest absolute Gasteiger partial charge is 0.407 e. The molecular weight excluding hydrogens is 180 g/mol. The Balaban J connectivity index is 0.000000364. The maximum absolute atomic E-state index is 10.5. The molecule has 1 rings (SSSR count). The van der Waals surface area contributed by atoms with Crippen LogP contribution in [0.5, 0.6) is 0 Å². The molecular formula is C10H22N2O2. The monoisotopic (exact) mass is 202 g/mol. The minimum absolute atomic E-state index is 0.117. The number of amides is 1. The number of piperazine rings is 1. The Morgan fingerprint density at radius 2 is 2.00 bits per heavy atom. The summed E-state index contributed by atoms with van der Waals surface area (Å²) in [5.41, 5.74) is 0. The number of hydrogen-bond acceptors (Lipinski definition) is 2. The fourth-order valence-corrected chi connectivity index (χ4v) is 1.13. The third kappa shape index (κ3) is 5.80. The second-order valence-corrected chi connectivity index (χ2v) is 4.26. The SMILES string of the molecule is CC(C)C.C[C@H]1CNCCN1C(=O)O. The quantitative estimate of drug-likeness (QED) is 0.627. The summed E-state index contributed by atoms with van der Waals surface area (Å²) in [6.45, 7) is 10.6. The van der Waals surface area contributed by atoms with E-state index in [0.29, 0.717) is 6.54 Å². The van der Waals surface area contributed by atoms with E-state index in [1.54, 1.807) is 0 Å². The summed E-state index contributed by atoms with van der Waals surface area (Å²) < 4.78 is 0. The summed E-state index contributed by atoms with van der Waals surface area (Å²) in [7, 11) is 0. The standard InChI is InChI=1S/C6H12N2O2.C4H10/c1-5-4-7-2-3-8(5)6(9)10;1-4(2)3/h5,7H,2-4H2,1H3,(H,9,10);4H,1-3H3/t5-;/m0./s1. The number of nitrogens with one attached hydrogen (secondary N) is 1. The van der Waals surface area contributed by atoms with Gasteiger partial charge in [0.15, 0.2) is 0 Å². The van der Waals surface area contributed by atoms with Gasteiger partial charge in [-0.3, -0.25) is 0 Å². The van der Waals surface area contributed by atoms with Crippen molar-refractivity contribution < 1.29 is 9.90 Å². The number of nitrogens with zero attached hydrogens (tertiary/aromatic N) is 1. The lowest BCUT2D eigenvalue weighted by molar-refractivity contribution is 0.117. The molecule has 1 fully saturated rings. The average Bonchev–Trinajstić information content (AvgIpc) is 2.03. The van der Waals surface area contributed by atoms with Crippen molar-refractivity contribution in [3.8, 4) is 0 Å². The van der Waals surface area contributed by atoms with Gasteiger partial charge >= 0.3 is 6.09 Å². The van der Waals surface area contributed by atoms with E-state index >= 15 is 0 Å². The zero-order valence-corrected chi connectivity index (χ0v) is 9.58. The first-order valence-electron chi connectivity index (χ1n) is 5.15. The molecule has 0 aromatic rings. The molecule has 1 heterocycles. The molecule has 1 amide bonds. The van der Waals surface area contributed by atoms with Crippen LogP contribution < -0.4 is 5.32 Å². The van der Waals surface area contributed by atoms with E-state index < -0.39 is 6.09 Å². The highest BCUT2D eigenvalue weighted by Gasteiger charge is 2.21. The van der Waals surface area contributed by atoms with Crippen LogP contribution in [0, 0.1) is 5.92 Å². The van der Waals surface area contributed by atoms with Gasteiger partial charge < -0.3 is 15.3 Å². The topological polar surface area (TPSA) is 52.6 Å². The van der Waals surface area contributed by atoms with E-state index in [2.05, 4.69) is 26.1 Å². The fourth-order valence-electron chi connectivity index (χ4n) is 1.13. The number of carboxylic acid groups (broad SMARTS) is 1. The molecule has 0 unspecified atom stereocenters. The van der Waals surface area contributed by atoms with Gasteiger partial charge in [0.1, 0.15) is 0 Å². The van der Waals surface area contributed by atoms with Gasteiger partial charge in [-0.1, -0.05) is 20.8 Å². The molecule has 0 aromatic heterocycles. The number of carbonyl (C=O) groups is 1. The molecule has 1 aliphatic rings. The van der Waals surface area contributed by atoms with E-state index in [4.69, 9.17) is 5.11 Å². The first-order chi connectivity index (χ1) is 6.45. The Labute approximate surface area is 86.3 Å². The third-order valence-corrected chi connectivity index (χ3v) is 1.75. The van der Waals surface area contributed by atoms with E-state index in [-0.39, 0.29) is 6.04 Å². The molecule has 4 nitrogen and oxygen atoms in total. The Hall–Kier alpha value is -0.770. The first-order valence-corrected chi connectivity index (χ1v) is 5.15. The van der Waals surface area contributed by atoms with Gasteiger partial charge in [0.05, 0.1) is 0 Å². The molecule has 0 radical (unpaired) electrons. The Bertz CT molecular complexity index is 169. The zero-order valence-electron chi connectivity index (χ0n) is 9.58. The van der Waals surface area contributed by atoms with Crippen LogP contribution in [0.25, 0.3) is 0 Å². The molecule has 1 saturated heterocycles. The van der Waals surface area contributed by atoms with Crippen molar-refractivity contribution in [2.45, 2.75) is 33.7 Å². The Morgan fingerprint density at radius 3 is 2.29 bits per heavy atom. The second kappa shape index (κ2) is 6.65. The molecule has 0 aliphatic carbocycles. The lowest BCUT2D eigenvalue weighted by atomic mass is 10.2. The van der Waals surface area contributed by atoms with Crippen molar-refractivity contribution >= 4 is 6.09 Å². The van der Waals surface area contributed by atoms with E-state index in [1.807, 2.05) is 6.92 Å². The number of hydrogen-bond donors (Lipinski definition) is 2. The molecule has 1 aliphatic heterocycles. The zero-order chi connectivity index (χ0) is 11.1. The summed E-state index contributed by atoms with van der Waals surface area (Å²) in [6, 6.07) is 0.117. The van der Waals surface area contributed by atoms with Crippen LogP contribution in [0.3, 0.4) is 0 Å². The molecule has 1 atom stereocenters. The normalized spacial score (nSPS) is 21.5. The first kappa shape index (κ1) is 13.2. The van der Waals surface area contributed by atoms with Crippen molar-refractivity contribution in [2.75, 3.05) is 19.6 Å². The lowest BCUT2D eigenvalue weighted by Crippen LogP contribution is -2.51. The molecule has 2 N–H and O–H groups in total. The van der Waals surface area contributed by atoms with E-state index in [1.165, 1.54) is 4.90 Å². The highest BCUT2D eigenvalue weighted by atomic mass is 16.4. The number of rotatable bonds is 0. The minimum Gasteiger partial charge on any atom is -0.465 e. The maximum Gasteiger partial charge on any atom is 0.407 e. The molecule has 0 bridgehead atoms. The Morgan fingerprint density at radius 1 is 1.50 bits per heavy atom. The van der Waals surface area contributed by atoms with E-state index in [0.717, 1.165) is 19.0 Å². The second-order valence-electron chi connectivity index (χ2n) is 4.26. The molecule has 0 spiro atoms. The predicted octanol–water partition coefficient (Wildman–Crippen LogP) is 1.62. The molecule has 0 saturated carbocycles. The fraction of sp³-hybridized carbons (Fsp3) is 0.900. The average molecular weight is 202 g/mol. The van der Waals surface area contributed by atoms with Crippen LogP contribution >= 0.6 is 0 Å². The van der Waals surface area contributed by atoms with Crippen LogP contribution in [-0.2, 0) is 0 Å². The highest BCUT2D eigenvalue weighted by molar-refractivity contribution is 5.65. The van der Waals surface area contributed by atoms with Crippen LogP contribution in [-0.4, -0.2) is 41.8 Å². The summed E-state index contributed by atoms with van der Waals surface area (Å²) in [6.07, 6.45) is -0.811. The van der Waals surface area contributed by atoms with Crippen molar-refractivity contribution in [1.82, 2.24) is 10.2 Å². The van der Waals surface area contributed by atoms with Gasteiger partial charge in [0.25, 0.3) is 0 Å². The molecule has 84 valence electrons. The minimum atomic E-state index is -0.811. The van der Waals surface area contributed by atoms with Gasteiger partial charge in [-0.2, -0.15) is 0 Å². The summed E-state index contributed by atoms with van der Waals surface area (Å²) in [4.78, 5) is 11.9. The van der Waals surface area contributed by atoms with Crippen molar-refractivity contribution in [2.24, 2.45) is 5.92 Å². The predicted molar refractivity (Wildman–Crippen MR) is 57.6 cm³/mol. The third-order valence-electron chi connectivity index (χ3n) is 1.75. The van der Waals surface area contributed by atoms with Crippen molar-refractivity contribution in [1.29, 1.82) is 0 Å². The maximum atomic E-state index is 10.5. The molecule has 14 heavy (non-hydrogen) atoms. The van der Waals surface area contributed by atoms with Gasteiger partial charge in [-0.25, -0.2) is 4.79 Å². The largest absolute Gasteiger partial charge is 0.465 e. The van der Waals surface area contributed by atoms with Crippen LogP contribution in [0.2, 0.25) is 0 Å². The highest BCUT2D eigenvalue weighted by Crippen LogP contribution is 2.01. The van der Waals surface area contributed by atoms with E-state index in [9.17, 15) is 4.79 Å². The van der Waals surface area contributed by atoms with Crippen LogP contribution in [0.4, 0.5) is 4.79 Å². The van der Waals surface area contributed by atoms with Crippen molar-refractivity contribution in [3.05, 3.63) is 0 Å². The summed E-state index contributed by atoms with van der Waals surface area (Å²) in [5, 5.41) is 11.7. The molecule has 4 heteroatoms. The van der Waals surface area contributed by atoms with Gasteiger partial charge in [0.2, 0.25) is 0 Å². The van der Waals surface area contributed by atoms with Gasteiger partial charge in [-0.15, -0.1) is 0 Å².